The van der Waals surface area contributed by atoms with Crippen LogP contribution in [-0.4, -0.2) is 22.7 Å². The van der Waals surface area contributed by atoms with Gasteiger partial charge < -0.3 is 10.4 Å². The highest BCUT2D eigenvalue weighted by molar-refractivity contribution is 5.64. The molecule has 0 aliphatic carbocycles. The van der Waals surface area contributed by atoms with Crippen LogP contribution in [0.25, 0.3) is 0 Å². The van der Waals surface area contributed by atoms with Crippen molar-refractivity contribution in [3.8, 4) is 6.07 Å². The van der Waals surface area contributed by atoms with E-state index in [2.05, 4.69) is 5.32 Å². The first-order valence-corrected chi connectivity index (χ1v) is 6.04. The van der Waals surface area contributed by atoms with Gasteiger partial charge in [0.25, 0.3) is 5.69 Å². The number of nitro benzene ring substituents is 1. The van der Waals surface area contributed by atoms with E-state index in [0.29, 0.717) is 17.9 Å². The molecule has 1 aromatic carbocycles. The zero-order valence-electron chi connectivity index (χ0n) is 11.0. The van der Waals surface area contributed by atoms with E-state index in [1.54, 1.807) is 0 Å². The number of hydrogen-bond donors (Lipinski definition) is 2. The molecule has 0 aliphatic heterocycles. The number of aliphatic hydroxyl groups is 1. The number of anilines is 1. The summed E-state index contributed by atoms with van der Waals surface area (Å²) >= 11 is 0. The minimum absolute atomic E-state index is 0.101. The molecule has 102 valence electrons. The number of benzene rings is 1. The SMILES string of the molecule is CC(C)CC(O)CNc1cc(C#N)ccc1[N+](=O)[O-]. The average Bonchev–Trinajstić information content (AvgIpc) is 2.34. The van der Waals surface area contributed by atoms with Crippen LogP contribution in [0.3, 0.4) is 0 Å². The third-order valence-electron chi connectivity index (χ3n) is 2.59. The van der Waals surface area contributed by atoms with E-state index in [-0.39, 0.29) is 17.9 Å². The van der Waals surface area contributed by atoms with Crippen molar-refractivity contribution >= 4 is 11.4 Å². The summed E-state index contributed by atoms with van der Waals surface area (Å²) in [6, 6.07) is 6.03. The Labute approximate surface area is 111 Å². The number of nitrogens with zero attached hydrogens (tertiary/aromatic N) is 2. The van der Waals surface area contributed by atoms with Crippen LogP contribution in [0.1, 0.15) is 25.8 Å². The first-order chi connectivity index (χ1) is 8.93. The molecule has 0 spiro atoms. The van der Waals surface area contributed by atoms with Crippen LogP contribution < -0.4 is 5.32 Å². The second-order valence-electron chi connectivity index (χ2n) is 4.77. The number of hydrogen-bond acceptors (Lipinski definition) is 5. The normalized spacial score (nSPS) is 11.9. The highest BCUT2D eigenvalue weighted by Crippen LogP contribution is 2.25. The predicted octanol–water partition coefficient (Wildman–Crippen LogP) is 2.29. The fourth-order valence-corrected chi connectivity index (χ4v) is 1.76. The predicted molar refractivity (Wildman–Crippen MR) is 71.8 cm³/mol. The lowest BCUT2D eigenvalue weighted by molar-refractivity contribution is -0.384. The van der Waals surface area contributed by atoms with Gasteiger partial charge in [0.15, 0.2) is 0 Å². The fourth-order valence-electron chi connectivity index (χ4n) is 1.76. The Hall–Kier alpha value is -2.13. The van der Waals surface area contributed by atoms with E-state index in [9.17, 15) is 15.2 Å². The maximum Gasteiger partial charge on any atom is 0.292 e. The lowest BCUT2D eigenvalue weighted by atomic mass is 10.1. The molecule has 0 saturated heterocycles. The zero-order chi connectivity index (χ0) is 14.4. The standard InChI is InChI=1S/C13H17N3O3/c1-9(2)5-11(17)8-15-12-6-10(7-14)3-4-13(12)16(18)19/h3-4,6,9,11,15,17H,5,8H2,1-2H3. The Morgan fingerprint density at radius 1 is 1.53 bits per heavy atom. The van der Waals surface area contributed by atoms with Gasteiger partial charge in [0.2, 0.25) is 0 Å². The van der Waals surface area contributed by atoms with Crippen molar-refractivity contribution in [3.05, 3.63) is 33.9 Å². The zero-order valence-corrected chi connectivity index (χ0v) is 11.0. The number of nitrogens with one attached hydrogen (secondary N) is 1. The molecule has 6 nitrogen and oxygen atoms in total. The van der Waals surface area contributed by atoms with Crippen LogP contribution in [0.2, 0.25) is 0 Å². The molecule has 19 heavy (non-hydrogen) atoms. The molecule has 1 aromatic rings. The van der Waals surface area contributed by atoms with Gasteiger partial charge in [-0.3, -0.25) is 10.1 Å². The molecule has 6 heteroatoms. The molecule has 0 heterocycles. The second-order valence-corrected chi connectivity index (χ2v) is 4.77. The molecule has 1 rings (SSSR count). The summed E-state index contributed by atoms with van der Waals surface area (Å²) in [7, 11) is 0. The van der Waals surface area contributed by atoms with Crippen molar-refractivity contribution in [3.63, 3.8) is 0 Å². The molecule has 0 bridgehead atoms. The average molecular weight is 263 g/mol. The molecule has 0 radical (unpaired) electrons. The summed E-state index contributed by atoms with van der Waals surface area (Å²) in [5.41, 5.74) is 0.494. The number of nitro groups is 1. The maximum atomic E-state index is 10.9. The van der Waals surface area contributed by atoms with Crippen molar-refractivity contribution < 1.29 is 10.0 Å². The highest BCUT2D eigenvalue weighted by atomic mass is 16.6. The van der Waals surface area contributed by atoms with Gasteiger partial charge >= 0.3 is 0 Å². The van der Waals surface area contributed by atoms with Gasteiger partial charge in [0.1, 0.15) is 5.69 Å². The fraction of sp³-hybridized carbons (Fsp3) is 0.462. The monoisotopic (exact) mass is 263 g/mol. The summed E-state index contributed by atoms with van der Waals surface area (Å²) in [6.45, 7) is 4.19. The Kier molecular flexibility index (Phi) is 5.27. The van der Waals surface area contributed by atoms with E-state index in [1.165, 1.54) is 18.2 Å². The summed E-state index contributed by atoms with van der Waals surface area (Å²) in [6.07, 6.45) is 0.0315. The first-order valence-electron chi connectivity index (χ1n) is 6.04. The topological polar surface area (TPSA) is 99.2 Å². The Bertz CT molecular complexity index is 494. The molecule has 2 N–H and O–H groups in total. The molecule has 0 saturated carbocycles. The molecule has 0 aliphatic rings. The molecular formula is C13H17N3O3. The summed E-state index contributed by atoms with van der Waals surface area (Å²) in [4.78, 5) is 10.3. The van der Waals surface area contributed by atoms with Gasteiger partial charge in [0, 0.05) is 12.6 Å². The maximum absolute atomic E-state index is 10.9. The van der Waals surface area contributed by atoms with Crippen LogP contribution in [-0.2, 0) is 0 Å². The summed E-state index contributed by atoms with van der Waals surface area (Å²) < 4.78 is 0. The number of aliphatic hydroxyl groups excluding tert-OH is 1. The lowest BCUT2D eigenvalue weighted by Gasteiger charge is -2.14. The second kappa shape index (κ2) is 6.71. The Morgan fingerprint density at radius 2 is 2.21 bits per heavy atom. The van der Waals surface area contributed by atoms with Gasteiger partial charge in [0.05, 0.1) is 22.7 Å². The molecule has 0 aromatic heterocycles. The van der Waals surface area contributed by atoms with E-state index in [1.807, 2.05) is 19.9 Å². The van der Waals surface area contributed by atoms with Gasteiger partial charge in [-0.25, -0.2) is 0 Å². The number of rotatable bonds is 6. The van der Waals surface area contributed by atoms with Gasteiger partial charge in [-0.1, -0.05) is 13.8 Å². The molecule has 0 fully saturated rings. The van der Waals surface area contributed by atoms with E-state index < -0.39 is 11.0 Å². The Balaban J connectivity index is 2.81. The smallest absolute Gasteiger partial charge is 0.292 e. The third-order valence-corrected chi connectivity index (χ3v) is 2.59. The lowest BCUT2D eigenvalue weighted by Crippen LogP contribution is -2.21. The number of nitriles is 1. The van der Waals surface area contributed by atoms with Crippen molar-refractivity contribution in [1.82, 2.24) is 0 Å². The minimum atomic E-state index is -0.578. The van der Waals surface area contributed by atoms with Gasteiger partial charge in [-0.15, -0.1) is 0 Å². The van der Waals surface area contributed by atoms with Crippen LogP contribution in [0.5, 0.6) is 0 Å². The van der Waals surface area contributed by atoms with E-state index in [4.69, 9.17) is 5.26 Å². The Morgan fingerprint density at radius 3 is 2.74 bits per heavy atom. The minimum Gasteiger partial charge on any atom is -0.391 e. The summed E-state index contributed by atoms with van der Waals surface area (Å²) in [5.74, 6) is 0.345. The van der Waals surface area contributed by atoms with Gasteiger partial charge in [-0.2, -0.15) is 5.26 Å². The van der Waals surface area contributed by atoms with Crippen LogP contribution >= 0.6 is 0 Å². The molecule has 0 amide bonds. The largest absolute Gasteiger partial charge is 0.391 e. The summed E-state index contributed by atoms with van der Waals surface area (Å²) in [5, 5.41) is 32.2. The van der Waals surface area contributed by atoms with Crippen LogP contribution in [0.4, 0.5) is 11.4 Å². The van der Waals surface area contributed by atoms with Gasteiger partial charge in [-0.05, 0) is 24.5 Å². The first kappa shape index (κ1) is 14.9. The van der Waals surface area contributed by atoms with Crippen molar-refractivity contribution in [2.45, 2.75) is 26.4 Å². The van der Waals surface area contributed by atoms with E-state index >= 15 is 0 Å². The van der Waals surface area contributed by atoms with Crippen LogP contribution in [0, 0.1) is 27.4 Å². The third kappa shape index (κ3) is 4.56. The van der Waals surface area contributed by atoms with E-state index in [0.717, 1.165) is 0 Å². The molecule has 1 atom stereocenters. The molecular weight excluding hydrogens is 246 g/mol. The van der Waals surface area contributed by atoms with Crippen molar-refractivity contribution in [2.24, 2.45) is 5.92 Å². The quantitative estimate of drug-likeness (QED) is 0.606. The molecule has 1 unspecified atom stereocenters. The van der Waals surface area contributed by atoms with Crippen molar-refractivity contribution in [1.29, 1.82) is 5.26 Å². The highest BCUT2D eigenvalue weighted by Gasteiger charge is 2.15. The van der Waals surface area contributed by atoms with Crippen molar-refractivity contribution in [2.75, 3.05) is 11.9 Å². The van der Waals surface area contributed by atoms with Crippen LogP contribution in [0.15, 0.2) is 18.2 Å².